The molecule has 8 heteroatoms. The molecule has 19 heavy (non-hydrogen) atoms. The number of benzene rings is 1. The average Bonchev–Trinajstić information content (AvgIpc) is 2.83. The van der Waals surface area contributed by atoms with E-state index >= 15 is 0 Å². The summed E-state index contributed by atoms with van der Waals surface area (Å²) >= 11 is 0. The van der Waals surface area contributed by atoms with Gasteiger partial charge in [-0.15, -0.1) is 0 Å². The van der Waals surface area contributed by atoms with Crippen LogP contribution in [-0.2, 0) is 9.84 Å². The Bertz CT molecular complexity index is 756. The number of aromatic amines is 1. The zero-order valence-electron chi connectivity index (χ0n) is 10.8. The number of nitrogens with zero attached hydrogens (tertiary/aromatic N) is 1. The van der Waals surface area contributed by atoms with Crippen LogP contribution < -0.4 is 5.73 Å². The summed E-state index contributed by atoms with van der Waals surface area (Å²) in [7, 11) is -3.64. The smallest absolute Gasteiger partial charge is 0.267 e. The molecule has 100 valence electrons. The molecule has 0 radical (unpaired) electrons. The Morgan fingerprint density at radius 2 is 2.05 bits per heavy atom. The van der Waals surface area contributed by atoms with Gasteiger partial charge in [-0.05, 0) is 24.3 Å². The molecule has 1 amide bonds. The van der Waals surface area contributed by atoms with Gasteiger partial charge >= 0.3 is 0 Å². The van der Waals surface area contributed by atoms with Crippen molar-refractivity contribution in [1.82, 2.24) is 9.97 Å². The first-order chi connectivity index (χ1) is 9.32. The molecule has 0 unspecified atom stereocenters. The molecule has 2 rings (SSSR count). The minimum Gasteiger partial charge on any atom is -0.364 e. The van der Waals surface area contributed by atoms with Crippen LogP contribution in [0.4, 0.5) is 4.39 Å². The Kier molecular flexibility index (Phi) is 2.79. The third-order valence-corrected chi connectivity index (χ3v) is 3.27. The Labute approximate surface area is 109 Å². The van der Waals surface area contributed by atoms with Crippen molar-refractivity contribution in [1.29, 1.82) is 0 Å². The Hall–Kier alpha value is -2.22. The molecule has 1 aromatic heterocycles. The first kappa shape index (κ1) is 11.8. The summed E-state index contributed by atoms with van der Waals surface area (Å²) in [6.45, 7) is 0. The van der Waals surface area contributed by atoms with Crippen molar-refractivity contribution in [2.24, 2.45) is 5.73 Å². The number of carbonyl (C=O) groups is 1. The molecular weight excluding hydrogens is 273 g/mol. The number of imidazole rings is 1. The predicted octanol–water partition coefficient (Wildman–Crippen LogP) is 0.718. The number of halogens is 1. The van der Waals surface area contributed by atoms with Crippen molar-refractivity contribution in [2.45, 2.75) is 5.16 Å². The Balaban J connectivity index is 2.64. The lowest BCUT2D eigenvalue weighted by Crippen LogP contribution is -2.13. The number of amides is 1. The van der Waals surface area contributed by atoms with E-state index in [1.54, 1.807) is 5.73 Å². The van der Waals surface area contributed by atoms with Crippen molar-refractivity contribution >= 4 is 15.7 Å². The maximum atomic E-state index is 12.9. The van der Waals surface area contributed by atoms with E-state index in [2.05, 4.69) is 9.97 Å². The van der Waals surface area contributed by atoms with Crippen molar-refractivity contribution in [3.63, 3.8) is 0 Å². The largest absolute Gasteiger partial charge is 0.364 e. The highest BCUT2D eigenvalue weighted by molar-refractivity contribution is 7.90. The van der Waals surface area contributed by atoms with E-state index < -0.39 is 26.7 Å². The van der Waals surface area contributed by atoms with Gasteiger partial charge < -0.3 is 10.7 Å². The SMILES string of the molecule is [2H]NC(=O)c1[nH]c(S(C)(=O)=O)nc1-c1ccc(F)cc1. The molecule has 1 heterocycles. The first-order valence-corrected chi connectivity index (χ1v) is 7.00. The molecule has 0 spiro atoms. The van der Waals surface area contributed by atoms with Gasteiger partial charge in [0, 0.05) is 11.8 Å². The monoisotopic (exact) mass is 284 g/mol. The van der Waals surface area contributed by atoms with Crippen molar-refractivity contribution in [2.75, 3.05) is 6.26 Å². The summed E-state index contributed by atoms with van der Waals surface area (Å²) < 4.78 is 42.7. The highest BCUT2D eigenvalue weighted by Gasteiger charge is 2.21. The van der Waals surface area contributed by atoms with Gasteiger partial charge in [-0.3, -0.25) is 4.79 Å². The number of rotatable bonds is 3. The molecule has 6 nitrogen and oxygen atoms in total. The molecular formula is C11H10FN3O3S. The van der Waals surface area contributed by atoms with Crippen LogP contribution in [0.2, 0.25) is 1.41 Å². The zero-order valence-corrected chi connectivity index (χ0v) is 10.6. The molecule has 1 aromatic carbocycles. The van der Waals surface area contributed by atoms with Gasteiger partial charge in [0.1, 0.15) is 17.2 Å². The molecule has 0 atom stereocenters. The maximum absolute atomic E-state index is 12.9. The van der Waals surface area contributed by atoms with E-state index in [0.29, 0.717) is 5.56 Å². The topological polar surface area (TPSA) is 106 Å². The third-order valence-electron chi connectivity index (χ3n) is 2.38. The Morgan fingerprint density at radius 1 is 1.42 bits per heavy atom. The van der Waals surface area contributed by atoms with Crippen LogP contribution in [0.1, 0.15) is 10.5 Å². The predicted molar refractivity (Wildman–Crippen MR) is 65.6 cm³/mol. The van der Waals surface area contributed by atoms with Crippen LogP contribution in [0.25, 0.3) is 11.3 Å². The quantitative estimate of drug-likeness (QED) is 0.866. The number of sulfone groups is 1. The number of carbonyl (C=O) groups excluding carboxylic acids is 1. The Morgan fingerprint density at radius 3 is 2.58 bits per heavy atom. The highest BCUT2D eigenvalue weighted by Crippen LogP contribution is 2.23. The molecule has 2 aromatic rings. The number of hydrogen-bond acceptors (Lipinski definition) is 4. The second kappa shape index (κ2) is 4.47. The van der Waals surface area contributed by atoms with Gasteiger partial charge in [0.05, 0.1) is 0 Å². The van der Waals surface area contributed by atoms with Crippen molar-refractivity contribution in [3.8, 4) is 11.3 Å². The second-order valence-electron chi connectivity index (χ2n) is 3.87. The van der Waals surface area contributed by atoms with Gasteiger partial charge in [-0.1, -0.05) is 0 Å². The number of H-pyrrole nitrogens is 1. The molecule has 3 N–H and O–H groups in total. The number of aromatic nitrogens is 2. The molecule has 0 saturated carbocycles. The molecule has 0 saturated heterocycles. The van der Waals surface area contributed by atoms with Crippen LogP contribution in [0.15, 0.2) is 29.4 Å². The van der Waals surface area contributed by atoms with Crippen LogP contribution in [-0.4, -0.2) is 30.5 Å². The summed E-state index contributed by atoms with van der Waals surface area (Å²) in [4.78, 5) is 17.8. The number of hydrogen-bond donors (Lipinski definition) is 2. The average molecular weight is 284 g/mol. The van der Waals surface area contributed by atoms with Crippen LogP contribution in [0.5, 0.6) is 0 Å². The fourth-order valence-corrected chi connectivity index (χ4v) is 2.05. The summed E-state index contributed by atoms with van der Waals surface area (Å²) in [5, 5.41) is -0.393. The lowest BCUT2D eigenvalue weighted by molar-refractivity contribution is 0.0996. The van der Waals surface area contributed by atoms with E-state index in [1.165, 1.54) is 12.1 Å². The van der Waals surface area contributed by atoms with E-state index in [-0.39, 0.29) is 11.4 Å². The summed E-state index contributed by atoms with van der Waals surface area (Å²) in [6, 6.07) is 5.04. The van der Waals surface area contributed by atoms with Gasteiger partial charge in [0.2, 0.25) is 15.0 Å². The van der Waals surface area contributed by atoms with Gasteiger partial charge in [0.25, 0.3) is 5.91 Å². The molecule has 0 bridgehead atoms. The van der Waals surface area contributed by atoms with Gasteiger partial charge in [-0.25, -0.2) is 17.8 Å². The van der Waals surface area contributed by atoms with Crippen LogP contribution in [0.3, 0.4) is 0 Å². The fraction of sp³-hybridized carbons (Fsp3) is 0.0909. The minimum atomic E-state index is -3.64. The standard InChI is InChI=1S/C11H10FN3O3S/c1-19(17,18)11-14-8(9(15-11)10(13)16)6-2-4-7(12)5-3-6/h2-5H,1H3,(H2,13,16)(H,14,15)/i/hD. The number of nitrogens with two attached hydrogens (primary N) is 1. The van der Waals surface area contributed by atoms with Crippen LogP contribution >= 0.6 is 0 Å². The highest BCUT2D eigenvalue weighted by atomic mass is 32.2. The van der Waals surface area contributed by atoms with E-state index in [1.807, 2.05) is 0 Å². The van der Waals surface area contributed by atoms with Gasteiger partial charge in [0.15, 0.2) is 1.41 Å². The lowest BCUT2D eigenvalue weighted by atomic mass is 10.1. The third kappa shape index (κ3) is 2.63. The van der Waals surface area contributed by atoms with Crippen LogP contribution in [0, 0.1) is 5.82 Å². The zero-order chi connectivity index (χ0) is 14.9. The molecule has 0 aliphatic carbocycles. The summed E-state index contributed by atoms with van der Waals surface area (Å²) in [5.41, 5.74) is 1.86. The maximum Gasteiger partial charge on any atom is 0.267 e. The summed E-state index contributed by atoms with van der Waals surface area (Å²) in [6.07, 6.45) is 0.933. The fourth-order valence-electron chi connectivity index (χ4n) is 1.51. The number of nitrogens with one attached hydrogen (secondary N) is 1. The van der Waals surface area contributed by atoms with E-state index in [9.17, 15) is 17.6 Å². The normalized spacial score (nSPS) is 12.0. The minimum absolute atomic E-state index is 0.0372. The summed E-state index contributed by atoms with van der Waals surface area (Å²) in [5.74, 6) is -1.31. The number of primary amides is 1. The first-order valence-electron chi connectivity index (χ1n) is 5.61. The van der Waals surface area contributed by atoms with Gasteiger partial charge in [-0.2, -0.15) is 0 Å². The van der Waals surface area contributed by atoms with E-state index in [0.717, 1.165) is 18.4 Å². The molecule has 0 aliphatic heterocycles. The molecule has 0 aliphatic rings. The second-order valence-corrected chi connectivity index (χ2v) is 5.80. The van der Waals surface area contributed by atoms with Crippen molar-refractivity contribution in [3.05, 3.63) is 35.8 Å². The lowest BCUT2D eigenvalue weighted by Gasteiger charge is -1.98. The van der Waals surface area contributed by atoms with Crippen molar-refractivity contribution < 1.29 is 19.0 Å². The van der Waals surface area contributed by atoms with E-state index in [4.69, 9.17) is 1.41 Å². The molecule has 0 fully saturated rings.